The van der Waals surface area contributed by atoms with E-state index in [1.54, 1.807) is 0 Å². The summed E-state index contributed by atoms with van der Waals surface area (Å²) in [4.78, 5) is 2.61. The standard InChI is InChI=1S/C14H26N4/c1-4-5-13-10-15-8-9-17(13)11-14-6-7-16-18(14)12(2)3/h6-7,12-13,15H,4-5,8-11H2,1-3H3. The highest BCUT2D eigenvalue weighted by Gasteiger charge is 2.22. The van der Waals surface area contributed by atoms with Gasteiger partial charge in [-0.25, -0.2) is 0 Å². The van der Waals surface area contributed by atoms with Crippen LogP contribution in [0.25, 0.3) is 0 Å². The van der Waals surface area contributed by atoms with Gasteiger partial charge in [-0.15, -0.1) is 0 Å². The first-order chi connectivity index (χ1) is 8.72. The molecule has 1 unspecified atom stereocenters. The van der Waals surface area contributed by atoms with Crippen LogP contribution in [-0.2, 0) is 6.54 Å². The molecule has 2 heterocycles. The summed E-state index contributed by atoms with van der Waals surface area (Å²) >= 11 is 0. The van der Waals surface area contributed by atoms with E-state index in [9.17, 15) is 0 Å². The van der Waals surface area contributed by atoms with Crippen molar-refractivity contribution in [1.29, 1.82) is 0 Å². The highest BCUT2D eigenvalue weighted by molar-refractivity contribution is 5.02. The summed E-state index contributed by atoms with van der Waals surface area (Å²) in [7, 11) is 0. The lowest BCUT2D eigenvalue weighted by Crippen LogP contribution is -2.50. The van der Waals surface area contributed by atoms with E-state index in [1.807, 2.05) is 6.20 Å². The lowest BCUT2D eigenvalue weighted by Gasteiger charge is -2.36. The molecule has 1 N–H and O–H groups in total. The molecule has 0 spiro atoms. The molecule has 1 saturated heterocycles. The third-order valence-corrected chi connectivity index (χ3v) is 3.70. The molecule has 1 aliphatic heterocycles. The summed E-state index contributed by atoms with van der Waals surface area (Å²) in [5, 5.41) is 7.93. The van der Waals surface area contributed by atoms with Crippen LogP contribution in [0.5, 0.6) is 0 Å². The Morgan fingerprint density at radius 2 is 2.33 bits per heavy atom. The monoisotopic (exact) mass is 250 g/mol. The molecule has 2 rings (SSSR count). The minimum absolute atomic E-state index is 0.447. The van der Waals surface area contributed by atoms with Gasteiger partial charge in [0.05, 0.1) is 5.69 Å². The Balaban J connectivity index is 2.03. The van der Waals surface area contributed by atoms with E-state index in [-0.39, 0.29) is 0 Å². The van der Waals surface area contributed by atoms with Crippen LogP contribution in [0.3, 0.4) is 0 Å². The molecule has 4 heteroatoms. The van der Waals surface area contributed by atoms with E-state index in [0.29, 0.717) is 12.1 Å². The summed E-state index contributed by atoms with van der Waals surface area (Å²) in [6.07, 6.45) is 4.46. The molecule has 0 radical (unpaired) electrons. The molecule has 0 aromatic carbocycles. The summed E-state index contributed by atoms with van der Waals surface area (Å²) in [6, 6.07) is 3.28. The van der Waals surface area contributed by atoms with Crippen molar-refractivity contribution in [2.24, 2.45) is 0 Å². The van der Waals surface area contributed by atoms with Crippen LogP contribution in [0.15, 0.2) is 12.3 Å². The van der Waals surface area contributed by atoms with Crippen molar-refractivity contribution < 1.29 is 0 Å². The van der Waals surface area contributed by atoms with Crippen LogP contribution < -0.4 is 5.32 Å². The second-order valence-corrected chi connectivity index (χ2v) is 5.48. The lowest BCUT2D eigenvalue weighted by atomic mass is 10.1. The van der Waals surface area contributed by atoms with Gasteiger partial charge < -0.3 is 5.32 Å². The molecule has 0 saturated carbocycles. The highest BCUT2D eigenvalue weighted by Crippen LogP contribution is 2.16. The van der Waals surface area contributed by atoms with Gasteiger partial charge in [-0.3, -0.25) is 9.58 Å². The van der Waals surface area contributed by atoms with Gasteiger partial charge >= 0.3 is 0 Å². The molecule has 0 bridgehead atoms. The Morgan fingerprint density at radius 1 is 1.50 bits per heavy atom. The molecule has 1 atom stereocenters. The van der Waals surface area contributed by atoms with E-state index in [4.69, 9.17) is 0 Å². The molecular formula is C14H26N4. The number of hydrogen-bond acceptors (Lipinski definition) is 3. The number of aromatic nitrogens is 2. The van der Waals surface area contributed by atoms with Crippen molar-refractivity contribution in [3.05, 3.63) is 18.0 Å². The van der Waals surface area contributed by atoms with Gasteiger partial charge in [-0.1, -0.05) is 13.3 Å². The molecule has 1 fully saturated rings. The summed E-state index contributed by atoms with van der Waals surface area (Å²) in [5.41, 5.74) is 1.34. The van der Waals surface area contributed by atoms with Crippen LogP contribution in [0.1, 0.15) is 45.3 Å². The molecular weight excluding hydrogens is 224 g/mol. The molecule has 4 nitrogen and oxygen atoms in total. The van der Waals surface area contributed by atoms with Gasteiger partial charge in [0.15, 0.2) is 0 Å². The van der Waals surface area contributed by atoms with Crippen LogP contribution in [0.2, 0.25) is 0 Å². The van der Waals surface area contributed by atoms with E-state index >= 15 is 0 Å². The maximum absolute atomic E-state index is 4.43. The third kappa shape index (κ3) is 3.12. The Bertz CT molecular complexity index is 356. The highest BCUT2D eigenvalue weighted by atomic mass is 15.3. The first-order valence-electron chi connectivity index (χ1n) is 7.19. The van der Waals surface area contributed by atoms with E-state index in [2.05, 4.69) is 46.8 Å². The Kier molecular flexibility index (Phi) is 4.78. The lowest BCUT2D eigenvalue weighted by molar-refractivity contribution is 0.139. The summed E-state index contributed by atoms with van der Waals surface area (Å²) < 4.78 is 2.14. The molecule has 18 heavy (non-hydrogen) atoms. The zero-order chi connectivity index (χ0) is 13.0. The fourth-order valence-corrected chi connectivity index (χ4v) is 2.77. The number of nitrogens with zero attached hydrogens (tertiary/aromatic N) is 3. The van der Waals surface area contributed by atoms with Crippen molar-refractivity contribution in [2.75, 3.05) is 19.6 Å². The van der Waals surface area contributed by atoms with Crippen LogP contribution in [0, 0.1) is 0 Å². The molecule has 1 aliphatic rings. The molecule has 0 amide bonds. The predicted octanol–water partition coefficient (Wildman–Crippen LogP) is 2.04. The first kappa shape index (κ1) is 13.6. The number of piperazine rings is 1. The molecule has 1 aromatic heterocycles. The first-order valence-corrected chi connectivity index (χ1v) is 7.19. The smallest absolute Gasteiger partial charge is 0.0527 e. The average Bonchev–Trinajstić information content (AvgIpc) is 2.80. The fraction of sp³-hybridized carbons (Fsp3) is 0.786. The predicted molar refractivity (Wildman–Crippen MR) is 74.6 cm³/mol. The van der Waals surface area contributed by atoms with E-state index < -0.39 is 0 Å². The Hall–Kier alpha value is -0.870. The van der Waals surface area contributed by atoms with Gasteiger partial charge in [-0.05, 0) is 26.3 Å². The van der Waals surface area contributed by atoms with Crippen molar-refractivity contribution in [3.8, 4) is 0 Å². The quantitative estimate of drug-likeness (QED) is 0.868. The minimum Gasteiger partial charge on any atom is -0.314 e. The van der Waals surface area contributed by atoms with Gasteiger partial charge in [0.25, 0.3) is 0 Å². The number of hydrogen-bond donors (Lipinski definition) is 1. The van der Waals surface area contributed by atoms with Crippen molar-refractivity contribution in [3.63, 3.8) is 0 Å². The number of nitrogens with one attached hydrogen (secondary N) is 1. The summed E-state index contributed by atoms with van der Waals surface area (Å²) in [5.74, 6) is 0. The van der Waals surface area contributed by atoms with Gasteiger partial charge in [0.1, 0.15) is 0 Å². The second kappa shape index (κ2) is 6.34. The summed E-state index contributed by atoms with van der Waals surface area (Å²) in [6.45, 7) is 11.1. The third-order valence-electron chi connectivity index (χ3n) is 3.70. The van der Waals surface area contributed by atoms with E-state index in [0.717, 1.165) is 26.2 Å². The Morgan fingerprint density at radius 3 is 3.06 bits per heavy atom. The normalized spacial score (nSPS) is 21.7. The van der Waals surface area contributed by atoms with Gasteiger partial charge in [0, 0.05) is 44.5 Å². The van der Waals surface area contributed by atoms with Gasteiger partial charge in [0.2, 0.25) is 0 Å². The van der Waals surface area contributed by atoms with Crippen molar-refractivity contribution in [1.82, 2.24) is 20.0 Å². The van der Waals surface area contributed by atoms with Crippen LogP contribution >= 0.6 is 0 Å². The molecule has 102 valence electrons. The van der Waals surface area contributed by atoms with Crippen LogP contribution in [0.4, 0.5) is 0 Å². The largest absolute Gasteiger partial charge is 0.314 e. The average molecular weight is 250 g/mol. The SMILES string of the molecule is CCCC1CNCCN1Cc1ccnn1C(C)C. The minimum atomic E-state index is 0.447. The van der Waals surface area contributed by atoms with E-state index in [1.165, 1.54) is 18.5 Å². The Labute approximate surface area is 110 Å². The molecule has 0 aliphatic carbocycles. The zero-order valence-corrected chi connectivity index (χ0v) is 11.9. The maximum Gasteiger partial charge on any atom is 0.0527 e. The fourth-order valence-electron chi connectivity index (χ4n) is 2.77. The molecule has 1 aromatic rings. The topological polar surface area (TPSA) is 33.1 Å². The zero-order valence-electron chi connectivity index (χ0n) is 11.9. The van der Waals surface area contributed by atoms with Crippen molar-refractivity contribution in [2.45, 2.75) is 52.2 Å². The van der Waals surface area contributed by atoms with Crippen molar-refractivity contribution >= 4 is 0 Å². The van der Waals surface area contributed by atoms with Crippen LogP contribution in [-0.4, -0.2) is 40.4 Å². The van der Waals surface area contributed by atoms with Gasteiger partial charge in [-0.2, -0.15) is 5.10 Å². The second-order valence-electron chi connectivity index (χ2n) is 5.48. The maximum atomic E-state index is 4.43. The number of rotatable bonds is 5.